The SMILES string of the molecule is CC(C)Cn1nc(C(=O)N2CCCC2)c2c1CCC(NCc1cc(F)cc(F)c1)C2. The Bertz CT molecular complexity index is 898. The molecule has 1 aliphatic heterocycles. The van der Waals surface area contributed by atoms with E-state index in [0.717, 1.165) is 56.9 Å². The van der Waals surface area contributed by atoms with Crippen LogP contribution in [-0.2, 0) is 25.9 Å². The largest absolute Gasteiger partial charge is 0.337 e. The molecule has 1 atom stereocenters. The second kappa shape index (κ2) is 8.84. The lowest BCUT2D eigenvalue weighted by molar-refractivity contribution is 0.0784. The molecule has 5 nitrogen and oxygen atoms in total. The second-order valence-electron chi connectivity index (χ2n) is 8.95. The number of hydrogen-bond donors (Lipinski definition) is 1. The fourth-order valence-electron chi connectivity index (χ4n) is 4.58. The number of hydrogen-bond acceptors (Lipinski definition) is 3. The fourth-order valence-corrected chi connectivity index (χ4v) is 4.58. The van der Waals surface area contributed by atoms with E-state index < -0.39 is 11.6 Å². The number of nitrogens with one attached hydrogen (secondary N) is 1. The first kappa shape index (κ1) is 21.0. The minimum atomic E-state index is -0.564. The van der Waals surface area contributed by atoms with Crippen LogP contribution in [0.5, 0.6) is 0 Å². The molecule has 2 aromatic rings. The number of carbonyl (C=O) groups is 1. The number of likely N-dealkylation sites (tertiary alicyclic amines) is 1. The van der Waals surface area contributed by atoms with Gasteiger partial charge in [0.25, 0.3) is 5.91 Å². The molecule has 162 valence electrons. The van der Waals surface area contributed by atoms with E-state index in [1.54, 1.807) is 0 Å². The molecule has 4 rings (SSSR count). The Morgan fingerprint density at radius 3 is 2.57 bits per heavy atom. The minimum absolute atomic E-state index is 0.0408. The third kappa shape index (κ3) is 4.56. The summed E-state index contributed by atoms with van der Waals surface area (Å²) in [5, 5.41) is 8.17. The summed E-state index contributed by atoms with van der Waals surface area (Å²) < 4.78 is 29.0. The average Bonchev–Trinajstić information content (AvgIpc) is 3.33. The summed E-state index contributed by atoms with van der Waals surface area (Å²) in [6, 6.07) is 3.74. The van der Waals surface area contributed by atoms with Gasteiger partial charge in [-0.3, -0.25) is 9.48 Å². The maximum absolute atomic E-state index is 13.5. The molecule has 1 unspecified atom stereocenters. The lowest BCUT2D eigenvalue weighted by Crippen LogP contribution is -2.35. The Balaban J connectivity index is 1.53. The molecule has 0 radical (unpaired) electrons. The number of fused-ring (bicyclic) bond motifs is 1. The van der Waals surface area contributed by atoms with Crippen molar-refractivity contribution in [2.45, 2.75) is 65.1 Å². The number of benzene rings is 1. The van der Waals surface area contributed by atoms with Crippen LogP contribution in [0, 0.1) is 17.6 Å². The van der Waals surface area contributed by atoms with Crippen molar-refractivity contribution in [3.05, 3.63) is 52.3 Å². The van der Waals surface area contributed by atoms with E-state index in [0.29, 0.717) is 30.1 Å². The van der Waals surface area contributed by atoms with Gasteiger partial charge in [-0.1, -0.05) is 13.8 Å². The van der Waals surface area contributed by atoms with Crippen LogP contribution in [0.2, 0.25) is 0 Å². The molecule has 0 spiro atoms. The van der Waals surface area contributed by atoms with Crippen LogP contribution in [-0.4, -0.2) is 39.7 Å². The van der Waals surface area contributed by atoms with Crippen molar-refractivity contribution >= 4 is 5.91 Å². The maximum atomic E-state index is 13.5. The van der Waals surface area contributed by atoms with Crippen molar-refractivity contribution in [1.82, 2.24) is 20.0 Å². The highest BCUT2D eigenvalue weighted by molar-refractivity contribution is 5.94. The van der Waals surface area contributed by atoms with E-state index in [1.165, 1.54) is 17.8 Å². The Kier molecular flexibility index (Phi) is 6.18. The van der Waals surface area contributed by atoms with E-state index in [9.17, 15) is 13.6 Å². The summed E-state index contributed by atoms with van der Waals surface area (Å²) in [5.74, 6) is -0.640. The van der Waals surface area contributed by atoms with E-state index in [1.807, 2.05) is 9.58 Å². The molecule has 0 bridgehead atoms. The van der Waals surface area contributed by atoms with Crippen molar-refractivity contribution in [2.75, 3.05) is 13.1 Å². The normalized spacial score (nSPS) is 18.8. The van der Waals surface area contributed by atoms with Gasteiger partial charge in [0, 0.05) is 49.5 Å². The molecule has 1 N–H and O–H groups in total. The molecule has 1 aromatic heterocycles. The van der Waals surface area contributed by atoms with Crippen molar-refractivity contribution in [1.29, 1.82) is 0 Å². The van der Waals surface area contributed by atoms with Gasteiger partial charge in [0.1, 0.15) is 11.6 Å². The fraction of sp³-hybridized carbons (Fsp3) is 0.565. The number of aromatic nitrogens is 2. The van der Waals surface area contributed by atoms with Gasteiger partial charge in [-0.15, -0.1) is 0 Å². The van der Waals surface area contributed by atoms with Crippen molar-refractivity contribution in [3.63, 3.8) is 0 Å². The quantitative estimate of drug-likeness (QED) is 0.781. The van der Waals surface area contributed by atoms with E-state index >= 15 is 0 Å². The highest BCUT2D eigenvalue weighted by atomic mass is 19.1. The molecule has 2 aliphatic rings. The third-order valence-corrected chi connectivity index (χ3v) is 6.00. The van der Waals surface area contributed by atoms with Crippen LogP contribution in [0.4, 0.5) is 8.78 Å². The number of halogens is 2. The minimum Gasteiger partial charge on any atom is -0.337 e. The topological polar surface area (TPSA) is 50.2 Å². The first-order chi connectivity index (χ1) is 14.4. The summed E-state index contributed by atoms with van der Waals surface area (Å²) in [4.78, 5) is 15.0. The van der Waals surface area contributed by atoms with Gasteiger partial charge in [-0.25, -0.2) is 8.78 Å². The molecule has 30 heavy (non-hydrogen) atoms. The Morgan fingerprint density at radius 2 is 1.90 bits per heavy atom. The Labute approximate surface area is 176 Å². The summed E-state index contributed by atoms with van der Waals surface area (Å²) in [6.45, 7) is 7.11. The van der Waals surface area contributed by atoms with Crippen LogP contribution in [0.1, 0.15) is 60.4 Å². The average molecular weight is 417 g/mol. The van der Waals surface area contributed by atoms with Crippen molar-refractivity contribution in [3.8, 4) is 0 Å². The highest BCUT2D eigenvalue weighted by Crippen LogP contribution is 2.27. The summed E-state index contributed by atoms with van der Waals surface area (Å²) in [5.41, 5.74) is 3.39. The van der Waals surface area contributed by atoms with Crippen LogP contribution >= 0.6 is 0 Å². The van der Waals surface area contributed by atoms with Gasteiger partial charge < -0.3 is 10.2 Å². The molecular weight excluding hydrogens is 386 g/mol. The molecule has 1 amide bonds. The summed E-state index contributed by atoms with van der Waals surface area (Å²) >= 11 is 0. The smallest absolute Gasteiger partial charge is 0.274 e. The van der Waals surface area contributed by atoms with Gasteiger partial charge in [0.05, 0.1) is 0 Å². The van der Waals surface area contributed by atoms with Crippen LogP contribution < -0.4 is 5.32 Å². The van der Waals surface area contributed by atoms with Crippen molar-refractivity contribution in [2.24, 2.45) is 5.92 Å². The third-order valence-electron chi connectivity index (χ3n) is 6.00. The zero-order valence-corrected chi connectivity index (χ0v) is 17.8. The zero-order chi connectivity index (χ0) is 21.3. The second-order valence-corrected chi connectivity index (χ2v) is 8.95. The maximum Gasteiger partial charge on any atom is 0.274 e. The molecule has 0 saturated carbocycles. The Hall–Kier alpha value is -2.28. The molecule has 1 aromatic carbocycles. The predicted octanol–water partition coefficient (Wildman–Crippen LogP) is 3.70. The molecule has 1 fully saturated rings. The lowest BCUT2D eigenvalue weighted by Gasteiger charge is -2.25. The van der Waals surface area contributed by atoms with Crippen LogP contribution in [0.25, 0.3) is 0 Å². The van der Waals surface area contributed by atoms with E-state index in [4.69, 9.17) is 5.10 Å². The summed E-state index contributed by atoms with van der Waals surface area (Å²) in [6.07, 6.45) is 4.56. The molecule has 7 heteroatoms. The molecule has 2 heterocycles. The van der Waals surface area contributed by atoms with Gasteiger partial charge in [-0.2, -0.15) is 5.10 Å². The van der Waals surface area contributed by atoms with Gasteiger partial charge in [0.2, 0.25) is 0 Å². The van der Waals surface area contributed by atoms with Crippen LogP contribution in [0.15, 0.2) is 18.2 Å². The molecule has 1 saturated heterocycles. The number of nitrogens with zero attached hydrogens (tertiary/aromatic N) is 3. The summed E-state index contributed by atoms with van der Waals surface area (Å²) in [7, 11) is 0. The van der Waals surface area contributed by atoms with E-state index in [2.05, 4.69) is 19.2 Å². The number of rotatable bonds is 6. The van der Waals surface area contributed by atoms with E-state index in [-0.39, 0.29) is 11.9 Å². The lowest BCUT2D eigenvalue weighted by atomic mass is 9.90. The highest BCUT2D eigenvalue weighted by Gasteiger charge is 2.32. The first-order valence-corrected chi connectivity index (χ1v) is 11.0. The Morgan fingerprint density at radius 1 is 1.20 bits per heavy atom. The monoisotopic (exact) mass is 416 g/mol. The van der Waals surface area contributed by atoms with Crippen LogP contribution in [0.3, 0.4) is 0 Å². The molecule has 1 aliphatic carbocycles. The van der Waals surface area contributed by atoms with Gasteiger partial charge in [0.15, 0.2) is 5.69 Å². The van der Waals surface area contributed by atoms with Gasteiger partial charge in [-0.05, 0) is 55.7 Å². The predicted molar refractivity (Wildman–Crippen MR) is 111 cm³/mol. The number of carbonyl (C=O) groups excluding carboxylic acids is 1. The first-order valence-electron chi connectivity index (χ1n) is 11.0. The van der Waals surface area contributed by atoms with Gasteiger partial charge >= 0.3 is 0 Å². The standard InChI is InChI=1S/C23H30F2N4O/c1-15(2)14-29-21-6-5-19(26-13-16-9-17(24)11-18(25)10-16)12-20(21)22(27-29)23(30)28-7-3-4-8-28/h9-11,15,19,26H,3-8,12-14H2,1-2H3. The van der Waals surface area contributed by atoms with Crippen molar-refractivity contribution < 1.29 is 13.6 Å². The zero-order valence-electron chi connectivity index (χ0n) is 17.8. The number of amides is 1. The molecular formula is C23H30F2N4O.